The molecule has 0 saturated heterocycles. The molecule has 0 saturated carbocycles. The lowest BCUT2D eigenvalue weighted by Gasteiger charge is -2.13. The number of carbonyl (C=O) groups excluding carboxylic acids is 2. The molecule has 0 aromatic carbocycles. The van der Waals surface area contributed by atoms with E-state index in [9.17, 15) is 9.59 Å². The lowest BCUT2D eigenvalue weighted by atomic mass is 10.3. The van der Waals surface area contributed by atoms with Gasteiger partial charge < -0.3 is 10.5 Å². The molecule has 3 rings (SSSR count). The fourth-order valence-corrected chi connectivity index (χ4v) is 2.67. The van der Waals surface area contributed by atoms with Gasteiger partial charge in [-0.2, -0.15) is 5.10 Å². The summed E-state index contributed by atoms with van der Waals surface area (Å²) in [6.07, 6.45) is 0.928. The summed E-state index contributed by atoms with van der Waals surface area (Å²) in [5.74, 6) is -0.225. The Morgan fingerprint density at radius 3 is 3.14 bits per heavy atom. The van der Waals surface area contributed by atoms with Crippen LogP contribution in [0.1, 0.15) is 22.6 Å². The predicted molar refractivity (Wildman–Crippen MR) is 75.3 cm³/mol. The molecule has 8 nitrogen and oxygen atoms in total. The molecule has 3 heterocycles. The van der Waals surface area contributed by atoms with Gasteiger partial charge in [0, 0.05) is 24.4 Å². The van der Waals surface area contributed by atoms with E-state index in [0.717, 1.165) is 13.0 Å². The second-order valence-corrected chi connectivity index (χ2v) is 5.39. The molecule has 0 spiro atoms. The van der Waals surface area contributed by atoms with Crippen molar-refractivity contribution in [2.24, 2.45) is 5.73 Å². The van der Waals surface area contributed by atoms with Gasteiger partial charge in [0.2, 0.25) is 11.8 Å². The molecule has 0 bridgehead atoms. The monoisotopic (exact) mass is 307 g/mol. The van der Waals surface area contributed by atoms with Crippen molar-refractivity contribution in [3.8, 4) is 5.88 Å². The van der Waals surface area contributed by atoms with E-state index in [0.29, 0.717) is 23.3 Å². The molecule has 2 amide bonds. The highest BCUT2D eigenvalue weighted by molar-refractivity contribution is 7.14. The van der Waals surface area contributed by atoms with Crippen molar-refractivity contribution in [3.63, 3.8) is 0 Å². The van der Waals surface area contributed by atoms with Gasteiger partial charge in [0.05, 0.1) is 18.7 Å². The summed E-state index contributed by atoms with van der Waals surface area (Å²) in [4.78, 5) is 27.0. The third-order valence-corrected chi connectivity index (χ3v) is 3.67. The molecule has 3 N–H and O–H groups in total. The van der Waals surface area contributed by atoms with Gasteiger partial charge in [0.25, 0.3) is 5.91 Å². The number of hydrogen-bond acceptors (Lipinski definition) is 6. The minimum absolute atomic E-state index is 0.0545. The Balaban J connectivity index is 1.69. The molecule has 0 unspecified atom stereocenters. The number of nitrogens with two attached hydrogens (primary N) is 1. The van der Waals surface area contributed by atoms with E-state index in [-0.39, 0.29) is 18.0 Å². The number of fused-ring (bicyclic) bond motifs is 1. The van der Waals surface area contributed by atoms with Crippen LogP contribution in [0.3, 0.4) is 0 Å². The largest absolute Gasteiger partial charge is 0.478 e. The van der Waals surface area contributed by atoms with Gasteiger partial charge >= 0.3 is 0 Å². The number of ether oxygens (including phenoxy) is 1. The van der Waals surface area contributed by atoms with Crippen LogP contribution in [0.5, 0.6) is 5.88 Å². The summed E-state index contributed by atoms with van der Waals surface area (Å²) < 4.78 is 7.07. The molecule has 0 radical (unpaired) electrons. The van der Waals surface area contributed by atoms with E-state index in [2.05, 4.69) is 15.4 Å². The Bertz CT molecular complexity index is 669. The maximum Gasteiger partial charge on any atom is 0.278 e. The predicted octanol–water partition coefficient (Wildman–Crippen LogP) is 0.402. The van der Waals surface area contributed by atoms with Crippen molar-refractivity contribution in [2.75, 3.05) is 11.9 Å². The smallest absolute Gasteiger partial charge is 0.278 e. The first-order valence-corrected chi connectivity index (χ1v) is 7.24. The number of amides is 2. The third-order valence-electron chi connectivity index (χ3n) is 2.87. The van der Waals surface area contributed by atoms with Crippen LogP contribution in [0, 0.1) is 0 Å². The quantitative estimate of drug-likeness (QED) is 0.849. The highest BCUT2D eigenvalue weighted by atomic mass is 32.1. The van der Waals surface area contributed by atoms with Crippen LogP contribution >= 0.6 is 11.3 Å². The van der Waals surface area contributed by atoms with E-state index in [1.807, 2.05) is 0 Å². The number of nitrogens with one attached hydrogen (secondary N) is 1. The lowest BCUT2D eigenvalue weighted by molar-refractivity contribution is -0.117. The van der Waals surface area contributed by atoms with Crippen LogP contribution in [-0.4, -0.2) is 33.2 Å². The first-order valence-electron chi connectivity index (χ1n) is 6.36. The number of carbonyl (C=O) groups is 2. The number of aromatic nitrogens is 3. The zero-order valence-corrected chi connectivity index (χ0v) is 11.9. The molecule has 2 aromatic rings. The Morgan fingerprint density at radius 1 is 1.52 bits per heavy atom. The minimum atomic E-state index is -0.461. The first kappa shape index (κ1) is 13.6. The fourth-order valence-electron chi connectivity index (χ4n) is 1.96. The summed E-state index contributed by atoms with van der Waals surface area (Å²) in [6.45, 7) is 1.37. The summed E-state index contributed by atoms with van der Waals surface area (Å²) in [6, 6.07) is 1.60. The molecule has 1 aliphatic heterocycles. The summed E-state index contributed by atoms with van der Waals surface area (Å²) >= 11 is 1.23. The van der Waals surface area contributed by atoms with E-state index in [1.54, 1.807) is 16.1 Å². The Labute approximate surface area is 123 Å². The standard InChI is InChI=1S/C12H13N5O3S/c13-9(18)4-7-6-21-12(14-7)15-11(19)8-5-10-17(16-8)2-1-3-20-10/h5-6H,1-4H2,(H2,13,18)(H,14,15,19). The van der Waals surface area contributed by atoms with Gasteiger partial charge in [0.1, 0.15) is 0 Å². The van der Waals surface area contributed by atoms with Crippen LogP contribution in [-0.2, 0) is 17.8 Å². The maximum absolute atomic E-state index is 12.1. The van der Waals surface area contributed by atoms with Crippen LogP contribution in [0.15, 0.2) is 11.4 Å². The number of anilines is 1. The molecule has 110 valence electrons. The van der Waals surface area contributed by atoms with E-state index < -0.39 is 5.91 Å². The summed E-state index contributed by atoms with van der Waals surface area (Å²) in [5, 5.41) is 8.92. The summed E-state index contributed by atoms with van der Waals surface area (Å²) in [5.41, 5.74) is 5.91. The van der Waals surface area contributed by atoms with Crippen molar-refractivity contribution < 1.29 is 14.3 Å². The Morgan fingerprint density at radius 2 is 2.38 bits per heavy atom. The number of rotatable bonds is 4. The van der Waals surface area contributed by atoms with Gasteiger partial charge in [0.15, 0.2) is 10.8 Å². The number of hydrogen-bond donors (Lipinski definition) is 2. The highest BCUT2D eigenvalue weighted by Gasteiger charge is 2.18. The SMILES string of the molecule is NC(=O)Cc1csc(NC(=O)c2cc3n(n2)CCCO3)n1. The fraction of sp³-hybridized carbons (Fsp3) is 0.333. The maximum atomic E-state index is 12.1. The van der Waals surface area contributed by atoms with Gasteiger partial charge in [-0.1, -0.05) is 0 Å². The first-order chi connectivity index (χ1) is 10.1. The van der Waals surface area contributed by atoms with E-state index >= 15 is 0 Å². The topological polar surface area (TPSA) is 112 Å². The van der Waals surface area contributed by atoms with Crippen molar-refractivity contribution in [2.45, 2.75) is 19.4 Å². The molecule has 0 aliphatic carbocycles. The average molecular weight is 307 g/mol. The number of primary amides is 1. The lowest BCUT2D eigenvalue weighted by Crippen LogP contribution is -2.16. The molecular weight excluding hydrogens is 294 g/mol. The summed E-state index contributed by atoms with van der Waals surface area (Å²) in [7, 11) is 0. The Hall–Kier alpha value is -2.42. The molecule has 9 heteroatoms. The van der Waals surface area contributed by atoms with Crippen molar-refractivity contribution in [3.05, 3.63) is 22.8 Å². The molecule has 1 aliphatic rings. The van der Waals surface area contributed by atoms with Crippen LogP contribution in [0.25, 0.3) is 0 Å². The second kappa shape index (κ2) is 5.52. The van der Waals surface area contributed by atoms with E-state index in [1.165, 1.54) is 11.3 Å². The molecule has 2 aromatic heterocycles. The Kier molecular flexibility index (Phi) is 3.57. The van der Waals surface area contributed by atoms with Crippen molar-refractivity contribution >= 4 is 28.3 Å². The van der Waals surface area contributed by atoms with Gasteiger partial charge in [-0.25, -0.2) is 9.67 Å². The second-order valence-electron chi connectivity index (χ2n) is 4.53. The van der Waals surface area contributed by atoms with Crippen molar-refractivity contribution in [1.82, 2.24) is 14.8 Å². The normalized spacial score (nSPS) is 13.3. The van der Waals surface area contributed by atoms with E-state index in [4.69, 9.17) is 10.5 Å². The van der Waals surface area contributed by atoms with Gasteiger partial charge in [-0.05, 0) is 0 Å². The molecular formula is C12H13N5O3S. The van der Waals surface area contributed by atoms with Crippen LogP contribution in [0.4, 0.5) is 5.13 Å². The third kappa shape index (κ3) is 3.02. The molecule has 0 atom stereocenters. The number of thiazole rings is 1. The molecule has 0 fully saturated rings. The van der Waals surface area contributed by atoms with Gasteiger partial charge in [-0.15, -0.1) is 11.3 Å². The number of nitrogens with zero attached hydrogens (tertiary/aromatic N) is 3. The van der Waals surface area contributed by atoms with Crippen LogP contribution < -0.4 is 15.8 Å². The van der Waals surface area contributed by atoms with Crippen molar-refractivity contribution in [1.29, 1.82) is 0 Å². The average Bonchev–Trinajstić information content (AvgIpc) is 3.04. The highest BCUT2D eigenvalue weighted by Crippen LogP contribution is 2.20. The number of aryl methyl sites for hydroxylation is 1. The van der Waals surface area contributed by atoms with Gasteiger partial charge in [-0.3, -0.25) is 14.9 Å². The minimum Gasteiger partial charge on any atom is -0.478 e. The zero-order chi connectivity index (χ0) is 14.8. The van der Waals surface area contributed by atoms with Crippen LogP contribution in [0.2, 0.25) is 0 Å². The zero-order valence-electron chi connectivity index (χ0n) is 11.0. The molecule has 21 heavy (non-hydrogen) atoms.